The van der Waals surface area contributed by atoms with Gasteiger partial charge in [0.25, 0.3) is 0 Å². The fourth-order valence-corrected chi connectivity index (χ4v) is 3.82. The number of hydrogen-bond donors (Lipinski definition) is 0. The average Bonchev–Trinajstić information content (AvgIpc) is 3.15. The van der Waals surface area contributed by atoms with Gasteiger partial charge >= 0.3 is 5.97 Å². The number of benzene rings is 3. The van der Waals surface area contributed by atoms with Gasteiger partial charge in [0.1, 0.15) is 12.4 Å². The van der Waals surface area contributed by atoms with Crippen LogP contribution in [0.5, 0.6) is 11.5 Å². The number of halogens is 3. The van der Waals surface area contributed by atoms with Crippen molar-refractivity contribution in [1.82, 2.24) is 0 Å². The summed E-state index contributed by atoms with van der Waals surface area (Å²) in [5.74, 6) is -0.0637. The van der Waals surface area contributed by atoms with Crippen LogP contribution in [0.1, 0.15) is 23.6 Å². The molecule has 5 nitrogen and oxygen atoms in total. The van der Waals surface area contributed by atoms with Crippen molar-refractivity contribution in [1.29, 1.82) is 0 Å². The number of cyclic esters (lactones) is 1. The van der Waals surface area contributed by atoms with Crippen LogP contribution in [0.4, 0.5) is 4.39 Å². The van der Waals surface area contributed by atoms with E-state index in [4.69, 9.17) is 25.8 Å². The van der Waals surface area contributed by atoms with Gasteiger partial charge in [-0.15, -0.1) is 0 Å². The van der Waals surface area contributed by atoms with E-state index in [-0.39, 0.29) is 34.8 Å². The standard InChI is InChI=1S/C25H18BrClFNO4/c1-2-31-22-12-15(10-19(27)23(22)32-14-17-6-3-4-9-20(17)28)11-21-25(30)33-24(29-21)16-7-5-8-18(26)13-16/h3-13H,2,14H2,1H3/b21-11-. The van der Waals surface area contributed by atoms with E-state index in [0.29, 0.717) is 29.0 Å². The van der Waals surface area contributed by atoms with Crippen molar-refractivity contribution in [3.63, 3.8) is 0 Å². The van der Waals surface area contributed by atoms with Crippen LogP contribution in [-0.4, -0.2) is 18.5 Å². The van der Waals surface area contributed by atoms with Crippen molar-refractivity contribution in [2.24, 2.45) is 4.99 Å². The number of esters is 1. The Bertz CT molecular complexity index is 1280. The van der Waals surface area contributed by atoms with E-state index in [2.05, 4.69) is 20.9 Å². The molecule has 0 atom stereocenters. The first kappa shape index (κ1) is 23.0. The molecular formula is C25H18BrClFNO4. The predicted octanol–water partition coefficient (Wildman–Crippen LogP) is 6.56. The lowest BCUT2D eigenvalue weighted by Gasteiger charge is -2.15. The zero-order valence-electron chi connectivity index (χ0n) is 17.5. The second kappa shape index (κ2) is 10.2. The molecule has 1 heterocycles. The Labute approximate surface area is 203 Å². The van der Waals surface area contributed by atoms with Gasteiger partial charge in [-0.2, -0.15) is 0 Å². The second-order valence-corrected chi connectivity index (χ2v) is 8.31. The lowest BCUT2D eigenvalue weighted by atomic mass is 10.1. The third kappa shape index (κ3) is 5.43. The zero-order chi connectivity index (χ0) is 23.4. The highest BCUT2D eigenvalue weighted by molar-refractivity contribution is 9.10. The van der Waals surface area contributed by atoms with E-state index in [9.17, 15) is 9.18 Å². The lowest BCUT2D eigenvalue weighted by molar-refractivity contribution is -0.129. The monoisotopic (exact) mass is 529 g/mol. The number of carbonyl (C=O) groups is 1. The Kier molecular flexibility index (Phi) is 7.11. The first-order valence-corrected chi connectivity index (χ1v) is 11.2. The number of rotatable bonds is 7. The largest absolute Gasteiger partial charge is 0.490 e. The Morgan fingerprint density at radius 3 is 2.70 bits per heavy atom. The molecule has 0 saturated heterocycles. The van der Waals surface area contributed by atoms with Crippen molar-refractivity contribution in [2.45, 2.75) is 13.5 Å². The molecular weight excluding hydrogens is 513 g/mol. The highest BCUT2D eigenvalue weighted by Gasteiger charge is 2.25. The van der Waals surface area contributed by atoms with Gasteiger partial charge in [-0.25, -0.2) is 14.2 Å². The van der Waals surface area contributed by atoms with Crippen LogP contribution in [0.25, 0.3) is 6.08 Å². The van der Waals surface area contributed by atoms with Crippen molar-refractivity contribution in [3.05, 3.63) is 98.4 Å². The molecule has 0 aliphatic carbocycles. The second-order valence-electron chi connectivity index (χ2n) is 6.99. The molecule has 0 spiro atoms. The lowest BCUT2D eigenvalue weighted by Crippen LogP contribution is -2.05. The maximum atomic E-state index is 13.9. The summed E-state index contributed by atoms with van der Waals surface area (Å²) in [6.07, 6.45) is 1.56. The van der Waals surface area contributed by atoms with Gasteiger partial charge in [0.05, 0.1) is 11.6 Å². The molecule has 8 heteroatoms. The van der Waals surface area contributed by atoms with Gasteiger partial charge < -0.3 is 14.2 Å². The topological polar surface area (TPSA) is 57.1 Å². The zero-order valence-corrected chi connectivity index (χ0v) is 19.8. The Morgan fingerprint density at radius 1 is 1.12 bits per heavy atom. The molecule has 0 N–H and O–H groups in total. The number of ether oxygens (including phenoxy) is 3. The summed E-state index contributed by atoms with van der Waals surface area (Å²) in [5, 5.41) is 0.256. The number of nitrogens with zero attached hydrogens (tertiary/aromatic N) is 1. The highest BCUT2D eigenvalue weighted by Crippen LogP contribution is 2.38. The van der Waals surface area contributed by atoms with Gasteiger partial charge in [-0.3, -0.25) is 0 Å². The summed E-state index contributed by atoms with van der Waals surface area (Å²) in [4.78, 5) is 16.7. The number of hydrogen-bond acceptors (Lipinski definition) is 5. The van der Waals surface area contributed by atoms with Crippen molar-refractivity contribution >= 4 is 45.5 Å². The SMILES string of the molecule is CCOc1cc(/C=C2\N=C(c3cccc(Br)c3)OC2=O)cc(Cl)c1OCc1ccccc1F. The van der Waals surface area contributed by atoms with Gasteiger partial charge in [0.15, 0.2) is 17.2 Å². The Morgan fingerprint density at radius 2 is 1.94 bits per heavy atom. The van der Waals surface area contributed by atoms with E-state index in [0.717, 1.165) is 4.47 Å². The predicted molar refractivity (Wildman–Crippen MR) is 128 cm³/mol. The summed E-state index contributed by atoms with van der Waals surface area (Å²) in [6, 6.07) is 16.9. The molecule has 0 saturated carbocycles. The maximum absolute atomic E-state index is 13.9. The van der Waals surface area contributed by atoms with Gasteiger partial charge in [0, 0.05) is 15.6 Å². The average molecular weight is 531 g/mol. The third-order valence-electron chi connectivity index (χ3n) is 4.66. The van der Waals surface area contributed by atoms with E-state index in [1.54, 1.807) is 48.5 Å². The number of aliphatic imine (C=N–C) groups is 1. The van der Waals surface area contributed by atoms with Gasteiger partial charge in [-0.1, -0.05) is 51.8 Å². The van der Waals surface area contributed by atoms with Crippen molar-refractivity contribution in [2.75, 3.05) is 6.61 Å². The molecule has 0 unspecified atom stereocenters. The maximum Gasteiger partial charge on any atom is 0.363 e. The molecule has 3 aromatic carbocycles. The van der Waals surface area contributed by atoms with Crippen LogP contribution in [-0.2, 0) is 16.1 Å². The minimum atomic E-state index is -0.570. The highest BCUT2D eigenvalue weighted by atomic mass is 79.9. The molecule has 1 aliphatic rings. The normalized spacial score (nSPS) is 14.2. The minimum absolute atomic E-state index is 0.0144. The van der Waals surface area contributed by atoms with Crippen molar-refractivity contribution in [3.8, 4) is 11.5 Å². The van der Waals surface area contributed by atoms with Gasteiger partial charge in [-0.05, 0) is 55.0 Å². The fraction of sp³-hybridized carbons (Fsp3) is 0.120. The molecule has 0 aromatic heterocycles. The molecule has 168 valence electrons. The molecule has 1 aliphatic heterocycles. The van der Waals surface area contributed by atoms with Crippen molar-refractivity contribution < 1.29 is 23.4 Å². The minimum Gasteiger partial charge on any atom is -0.490 e. The summed E-state index contributed by atoms with van der Waals surface area (Å²) in [7, 11) is 0. The number of carbonyl (C=O) groups excluding carboxylic acids is 1. The van der Waals surface area contributed by atoms with Crippen LogP contribution >= 0.6 is 27.5 Å². The van der Waals surface area contributed by atoms with Crippen LogP contribution in [0.3, 0.4) is 0 Å². The Hall–Kier alpha value is -3.16. The summed E-state index contributed by atoms with van der Waals surface area (Å²) >= 11 is 9.85. The summed E-state index contributed by atoms with van der Waals surface area (Å²) < 4.78 is 31.6. The summed E-state index contributed by atoms with van der Waals surface area (Å²) in [6.45, 7) is 2.17. The van der Waals surface area contributed by atoms with Crippen LogP contribution < -0.4 is 9.47 Å². The Balaban J connectivity index is 1.62. The molecule has 33 heavy (non-hydrogen) atoms. The smallest absolute Gasteiger partial charge is 0.363 e. The van der Waals surface area contributed by atoms with Crippen LogP contribution in [0.2, 0.25) is 5.02 Å². The van der Waals surface area contributed by atoms with Crippen LogP contribution in [0, 0.1) is 5.82 Å². The molecule has 0 fully saturated rings. The third-order valence-corrected chi connectivity index (χ3v) is 5.43. The first-order valence-electron chi connectivity index (χ1n) is 10.1. The fourth-order valence-electron chi connectivity index (χ4n) is 3.15. The molecule has 0 radical (unpaired) electrons. The van der Waals surface area contributed by atoms with Crippen LogP contribution in [0.15, 0.2) is 75.8 Å². The van der Waals surface area contributed by atoms with E-state index < -0.39 is 5.97 Å². The molecule has 4 rings (SSSR count). The quantitative estimate of drug-likeness (QED) is 0.256. The van der Waals surface area contributed by atoms with E-state index in [1.165, 1.54) is 6.07 Å². The molecule has 0 bridgehead atoms. The van der Waals surface area contributed by atoms with E-state index in [1.807, 2.05) is 19.1 Å². The summed E-state index contributed by atoms with van der Waals surface area (Å²) in [5.41, 5.74) is 1.77. The molecule has 3 aromatic rings. The first-order chi connectivity index (χ1) is 15.9. The van der Waals surface area contributed by atoms with E-state index >= 15 is 0 Å². The molecule has 0 amide bonds. The van der Waals surface area contributed by atoms with Gasteiger partial charge in [0.2, 0.25) is 5.90 Å².